The van der Waals surface area contributed by atoms with E-state index in [9.17, 15) is 38.5 Å². The molecule has 0 atom stereocenters. The van der Waals surface area contributed by atoms with Crippen molar-refractivity contribution >= 4 is 129 Å². The highest BCUT2D eigenvalue weighted by Crippen LogP contribution is 2.26. The molecule has 0 aliphatic carbocycles. The van der Waals surface area contributed by atoms with Crippen molar-refractivity contribution in [1.82, 2.24) is 40.8 Å². The lowest BCUT2D eigenvalue weighted by molar-refractivity contribution is -0.116. The molecule has 8 rings (SSSR count). The number of nitrogen functional groups attached to an aromatic ring is 2. The minimum Gasteiger partial charge on any atom is -0.399 e. The quantitative estimate of drug-likeness (QED) is 0.0152. The average Bonchev–Trinajstić information content (AvgIpc) is 3.51. The molecule has 0 spiro atoms. The summed E-state index contributed by atoms with van der Waals surface area (Å²) in [5.41, 5.74) is 15.0. The van der Waals surface area contributed by atoms with Crippen LogP contribution in [0.25, 0.3) is 0 Å². The zero-order valence-corrected chi connectivity index (χ0v) is 57.0. The Bertz CT molecular complexity index is 3720. The van der Waals surface area contributed by atoms with Crippen molar-refractivity contribution in [2.75, 3.05) is 35.7 Å². The topological polar surface area (TPSA) is 369 Å². The molecule has 0 aliphatic heterocycles. The van der Waals surface area contributed by atoms with E-state index in [1.165, 1.54) is 195 Å². The summed E-state index contributed by atoms with van der Waals surface area (Å²) < 4.78 is 107. The van der Waals surface area contributed by atoms with E-state index in [1.807, 2.05) is 12.1 Å². The Balaban J connectivity index is 0.000000221. The van der Waals surface area contributed by atoms with Crippen molar-refractivity contribution < 1.29 is 38.5 Å². The van der Waals surface area contributed by atoms with E-state index in [1.54, 1.807) is 45.0 Å². The molecule has 1 amide bonds. The van der Waals surface area contributed by atoms with Gasteiger partial charge in [0.15, 0.2) is 0 Å². The second kappa shape index (κ2) is 37.4. The van der Waals surface area contributed by atoms with Gasteiger partial charge in [0.05, 0.1) is 19.6 Å². The molecule has 0 bridgehead atoms. The summed E-state index contributed by atoms with van der Waals surface area (Å²) in [7, 11) is -14.6. The Hall–Kier alpha value is -6.81. The van der Waals surface area contributed by atoms with E-state index in [2.05, 4.69) is 78.8 Å². The smallest absolute Gasteiger partial charge is 0.263 e. The van der Waals surface area contributed by atoms with Crippen LogP contribution in [0.2, 0.25) is 0 Å². The third kappa shape index (κ3) is 27.1. The second-order valence-electron chi connectivity index (χ2n) is 20.2. The number of nitrogens with zero attached hydrogens (tertiary/aromatic N) is 8. The summed E-state index contributed by atoms with van der Waals surface area (Å²) in [6.07, 6.45) is 22.1. The van der Waals surface area contributed by atoms with Crippen molar-refractivity contribution in [2.45, 2.75) is 176 Å². The molecule has 0 saturated carbocycles. The van der Waals surface area contributed by atoms with Gasteiger partial charge in [-0.25, -0.2) is 33.7 Å². The van der Waals surface area contributed by atoms with E-state index >= 15 is 0 Å². The monoisotopic (exact) mass is 1370 g/mol. The zero-order chi connectivity index (χ0) is 64.7. The van der Waals surface area contributed by atoms with E-state index in [0.717, 1.165) is 37.7 Å². The van der Waals surface area contributed by atoms with E-state index in [0.29, 0.717) is 48.5 Å². The number of unbranched alkanes of at least 4 members (excludes halogenated alkanes) is 15. The predicted molar refractivity (Wildman–Crippen MR) is 358 cm³/mol. The van der Waals surface area contributed by atoms with Gasteiger partial charge < -0.3 is 16.8 Å². The van der Waals surface area contributed by atoms with Crippen LogP contribution in [0.1, 0.15) is 150 Å². The molecular formula is C57H79N15O9S8. The number of aromatic nitrogens is 8. The fourth-order valence-corrected chi connectivity index (χ4v) is 15.6. The molecule has 4 heterocycles. The summed E-state index contributed by atoms with van der Waals surface area (Å²) in [5.74, 6) is -0.0494. The summed E-state index contributed by atoms with van der Waals surface area (Å²) in [4.78, 5) is 12.7. The van der Waals surface area contributed by atoms with Crippen LogP contribution in [0.5, 0.6) is 0 Å². The molecule has 32 heteroatoms. The number of rotatable bonds is 32. The molecule has 24 nitrogen and oxygen atoms in total. The fourth-order valence-electron chi connectivity index (χ4n) is 8.18. The van der Waals surface area contributed by atoms with Crippen LogP contribution >= 0.6 is 45.3 Å². The van der Waals surface area contributed by atoms with Gasteiger partial charge in [-0.2, -0.15) is 0 Å². The maximum absolute atomic E-state index is 12.6. The Morgan fingerprint density at radius 1 is 0.427 bits per heavy atom. The number of benzene rings is 4. The molecule has 0 unspecified atom stereocenters. The molecule has 0 saturated heterocycles. The number of sulfonamides is 4. The summed E-state index contributed by atoms with van der Waals surface area (Å²) in [5, 5.41) is 35.7. The van der Waals surface area contributed by atoms with Crippen LogP contribution in [0.15, 0.2) is 122 Å². The van der Waals surface area contributed by atoms with Crippen molar-refractivity contribution in [2.24, 2.45) is 0 Å². The van der Waals surface area contributed by atoms with Gasteiger partial charge in [-0.15, -0.1) is 40.8 Å². The average molecular weight is 1370 g/mol. The number of nitrogens with two attached hydrogens (primary N) is 2. The molecule has 0 fully saturated rings. The molecule has 0 aliphatic rings. The Morgan fingerprint density at radius 2 is 0.798 bits per heavy atom. The van der Waals surface area contributed by atoms with Crippen molar-refractivity contribution in [3.63, 3.8) is 0 Å². The summed E-state index contributed by atoms with van der Waals surface area (Å²) >= 11 is 4.69. The molecule has 484 valence electrons. The highest BCUT2D eigenvalue weighted by Gasteiger charge is 2.21. The van der Waals surface area contributed by atoms with Crippen molar-refractivity contribution in [3.8, 4) is 0 Å². The van der Waals surface area contributed by atoms with Crippen LogP contribution in [0.4, 0.5) is 37.6 Å². The van der Waals surface area contributed by atoms with Gasteiger partial charge in [0, 0.05) is 23.5 Å². The molecule has 9 N–H and O–H groups in total. The predicted octanol–water partition coefficient (Wildman–Crippen LogP) is 13.0. The standard InChI is InChI=1S/C20H31N3O2S2.C19H28N4O3S2.2C9H10N4O2S2/c1-2-3-4-5-6-7-8-9-10-11-14-18-15-12-13-16-19(18)27(24,25)23-20-22-21-17-26-20;1-3-4-5-6-7-8-9-10-18(24)20-16-11-13-17(14-12-16)28(25,26)23-19-22-21-15(2)27-19;2*1-6-11-12-9(16-6)13-17(14,15)8-4-2-7(10)3-5-8/h12-13,15-17H,2-11,14H2,1H3,(H,22,23);11-14H,3-10H2,1-2H3,(H,20,24)(H,22,23);2*2-5H,10H2,1H3,(H,12,13). The lowest BCUT2D eigenvalue weighted by atomic mass is 10.0. The normalized spacial score (nSPS) is 11.4. The number of carbonyl (C=O) groups excluding carboxylic acids is 1. The van der Waals surface area contributed by atoms with Crippen LogP contribution in [-0.4, -0.2) is 80.4 Å². The highest BCUT2D eigenvalue weighted by atomic mass is 32.2. The number of amides is 1. The molecular weight excluding hydrogens is 1300 g/mol. The third-order valence-electron chi connectivity index (χ3n) is 12.7. The van der Waals surface area contributed by atoms with Gasteiger partial charge in [0.1, 0.15) is 20.5 Å². The first-order chi connectivity index (χ1) is 42.5. The lowest BCUT2D eigenvalue weighted by Gasteiger charge is -2.10. The number of hydrogen-bond donors (Lipinski definition) is 7. The number of carbonyl (C=O) groups is 1. The number of anilines is 7. The number of hydrogen-bond acceptors (Lipinski definition) is 23. The number of aryl methyl sites for hydroxylation is 4. The first-order valence-electron chi connectivity index (χ1n) is 28.9. The minimum absolute atomic E-state index is 0.0494. The van der Waals surface area contributed by atoms with Crippen LogP contribution in [0.3, 0.4) is 0 Å². The fraction of sp³-hybridized carbons (Fsp3) is 0.421. The van der Waals surface area contributed by atoms with E-state index < -0.39 is 40.1 Å². The van der Waals surface area contributed by atoms with E-state index in [4.69, 9.17) is 11.5 Å². The molecule has 89 heavy (non-hydrogen) atoms. The second-order valence-corrected chi connectivity index (χ2v) is 31.2. The maximum atomic E-state index is 12.6. The largest absolute Gasteiger partial charge is 0.399 e. The maximum Gasteiger partial charge on any atom is 0.263 e. The van der Waals surface area contributed by atoms with Gasteiger partial charge >= 0.3 is 0 Å². The van der Waals surface area contributed by atoms with Crippen molar-refractivity contribution in [1.29, 1.82) is 0 Å². The highest BCUT2D eigenvalue weighted by molar-refractivity contribution is 7.93. The zero-order valence-electron chi connectivity index (χ0n) is 50.4. The molecule has 8 aromatic rings. The van der Waals surface area contributed by atoms with Crippen LogP contribution in [-0.2, 0) is 51.3 Å². The van der Waals surface area contributed by atoms with E-state index in [-0.39, 0.29) is 36.0 Å². The summed E-state index contributed by atoms with van der Waals surface area (Å²) in [6.45, 7) is 9.69. The van der Waals surface area contributed by atoms with Gasteiger partial charge in [-0.1, -0.05) is 174 Å². The number of nitrogens with one attached hydrogen (secondary N) is 5. The summed E-state index contributed by atoms with van der Waals surface area (Å²) in [6, 6.07) is 25.2. The Morgan fingerprint density at radius 3 is 1.18 bits per heavy atom. The molecule has 4 aromatic heterocycles. The molecule has 4 aromatic carbocycles. The van der Waals surface area contributed by atoms with Gasteiger partial charge in [-0.3, -0.25) is 23.7 Å². The SMILES string of the molecule is CCCCCCCCCC(=O)Nc1ccc(S(=O)(=O)Nc2nnc(C)s2)cc1.CCCCCCCCCCCCc1ccccc1S(=O)(=O)Nc1nncs1.Cc1nnc(NS(=O)(=O)c2ccc(N)cc2)s1.Cc1nnc(NS(=O)(=O)c2ccc(N)cc2)s1. The van der Waals surface area contributed by atoms with Gasteiger partial charge in [0.25, 0.3) is 40.1 Å². The minimum atomic E-state index is -3.73. The lowest BCUT2D eigenvalue weighted by Crippen LogP contribution is -2.15. The first-order valence-corrected chi connectivity index (χ1v) is 38.2. The van der Waals surface area contributed by atoms with Gasteiger partial charge in [-0.05, 0) is 124 Å². The first kappa shape index (κ1) is 72.9. The third-order valence-corrected chi connectivity index (χ3v) is 21.6. The van der Waals surface area contributed by atoms with Crippen molar-refractivity contribution in [3.05, 3.63) is 123 Å². The van der Waals surface area contributed by atoms with Crippen LogP contribution < -0.4 is 35.7 Å². The van der Waals surface area contributed by atoms with Crippen LogP contribution in [0, 0.1) is 20.8 Å². The molecule has 0 radical (unpaired) electrons. The Kier molecular flexibility index (Phi) is 30.6. The Labute approximate surface area is 539 Å². The van der Waals surface area contributed by atoms with Gasteiger partial charge in [0.2, 0.25) is 26.4 Å².